The molecular formula is C12H13NO2. The second kappa shape index (κ2) is 3.77. The van der Waals surface area contributed by atoms with Gasteiger partial charge in [-0.15, -0.1) is 0 Å². The number of hydrogen-bond donors (Lipinski definition) is 1. The summed E-state index contributed by atoms with van der Waals surface area (Å²) in [7, 11) is 1.39. The summed E-state index contributed by atoms with van der Waals surface area (Å²) < 4.78 is 4.74. The maximum atomic E-state index is 11.5. The number of hydrogen-bond acceptors (Lipinski definition) is 3. The molecule has 1 aromatic carbocycles. The molecule has 0 atom stereocenters. The minimum absolute atomic E-state index is 0.290. The van der Waals surface area contributed by atoms with Crippen molar-refractivity contribution >= 4 is 17.2 Å². The number of nitrogen functional groups attached to an aromatic ring is 1. The summed E-state index contributed by atoms with van der Waals surface area (Å²) >= 11 is 0. The Bertz CT molecular complexity index is 435. The van der Waals surface area contributed by atoms with E-state index in [1.807, 2.05) is 24.3 Å². The van der Waals surface area contributed by atoms with E-state index in [1.54, 1.807) is 0 Å². The highest BCUT2D eigenvalue weighted by molar-refractivity contribution is 6.17. The second-order valence-corrected chi connectivity index (χ2v) is 3.52. The molecule has 3 nitrogen and oxygen atoms in total. The molecule has 2 N–H and O–H groups in total. The lowest BCUT2D eigenvalue weighted by atomic mass is 9.90. The molecule has 0 radical (unpaired) electrons. The van der Waals surface area contributed by atoms with Gasteiger partial charge in [0.1, 0.15) is 0 Å². The summed E-state index contributed by atoms with van der Waals surface area (Å²) in [6.07, 6.45) is 3.64. The standard InChI is InChI=1S/C12H13NO2/c1-15-12(14)10-6-2-5-9-8(10)4-3-7-11(9)13/h3-4,6-7H,2,5,13H2,1H3. The Morgan fingerprint density at radius 2 is 2.27 bits per heavy atom. The SMILES string of the molecule is COC(=O)C1=CCCc2c(N)cccc21. The van der Waals surface area contributed by atoms with Crippen LogP contribution in [-0.4, -0.2) is 13.1 Å². The zero-order valence-corrected chi connectivity index (χ0v) is 8.62. The molecule has 1 aliphatic rings. The average Bonchev–Trinajstić information content (AvgIpc) is 2.28. The van der Waals surface area contributed by atoms with E-state index in [1.165, 1.54) is 7.11 Å². The number of methoxy groups -OCH3 is 1. The second-order valence-electron chi connectivity index (χ2n) is 3.52. The van der Waals surface area contributed by atoms with Gasteiger partial charge in [0.25, 0.3) is 0 Å². The highest BCUT2D eigenvalue weighted by Crippen LogP contribution is 2.30. The molecule has 2 rings (SSSR count). The number of fused-ring (bicyclic) bond motifs is 1. The van der Waals surface area contributed by atoms with Crippen molar-refractivity contribution in [2.45, 2.75) is 12.8 Å². The van der Waals surface area contributed by atoms with Crippen molar-refractivity contribution in [3.8, 4) is 0 Å². The number of esters is 1. The lowest BCUT2D eigenvalue weighted by molar-refractivity contribution is -0.133. The number of carbonyl (C=O) groups excluding carboxylic acids is 1. The summed E-state index contributed by atoms with van der Waals surface area (Å²) in [6, 6.07) is 5.63. The third-order valence-electron chi connectivity index (χ3n) is 2.65. The fourth-order valence-electron chi connectivity index (χ4n) is 1.91. The predicted octanol–water partition coefficient (Wildman–Crippen LogP) is 1.77. The molecule has 78 valence electrons. The first-order valence-electron chi connectivity index (χ1n) is 4.90. The van der Waals surface area contributed by atoms with Crippen molar-refractivity contribution in [3.05, 3.63) is 35.4 Å². The lowest BCUT2D eigenvalue weighted by Gasteiger charge is -2.17. The molecular weight excluding hydrogens is 190 g/mol. The van der Waals surface area contributed by atoms with Crippen LogP contribution < -0.4 is 5.73 Å². The van der Waals surface area contributed by atoms with Crippen LogP contribution in [0.15, 0.2) is 24.3 Å². The number of ether oxygens (including phenoxy) is 1. The quantitative estimate of drug-likeness (QED) is 0.559. The summed E-state index contributed by atoms with van der Waals surface area (Å²) in [4.78, 5) is 11.5. The van der Waals surface area contributed by atoms with E-state index in [9.17, 15) is 4.79 Å². The molecule has 0 unspecified atom stereocenters. The number of nitrogens with two attached hydrogens (primary N) is 1. The van der Waals surface area contributed by atoms with Crippen molar-refractivity contribution in [1.29, 1.82) is 0 Å². The van der Waals surface area contributed by atoms with Gasteiger partial charge in [0.05, 0.1) is 12.7 Å². The summed E-state index contributed by atoms with van der Waals surface area (Å²) in [5, 5.41) is 0. The largest absolute Gasteiger partial charge is 0.465 e. The normalized spacial score (nSPS) is 14.1. The van der Waals surface area contributed by atoms with Gasteiger partial charge < -0.3 is 10.5 Å². The zero-order chi connectivity index (χ0) is 10.8. The highest BCUT2D eigenvalue weighted by atomic mass is 16.5. The Kier molecular flexibility index (Phi) is 2.46. The van der Waals surface area contributed by atoms with Crippen LogP contribution in [0.3, 0.4) is 0 Å². The zero-order valence-electron chi connectivity index (χ0n) is 8.62. The molecule has 0 aliphatic heterocycles. The van der Waals surface area contributed by atoms with Gasteiger partial charge in [0.2, 0.25) is 0 Å². The molecule has 0 amide bonds. The molecule has 0 saturated heterocycles. The minimum Gasteiger partial charge on any atom is -0.465 e. The molecule has 0 spiro atoms. The monoisotopic (exact) mass is 203 g/mol. The number of rotatable bonds is 1. The third kappa shape index (κ3) is 1.61. The number of anilines is 1. The molecule has 0 saturated carbocycles. The first-order valence-corrected chi connectivity index (χ1v) is 4.90. The Labute approximate surface area is 88.5 Å². The lowest BCUT2D eigenvalue weighted by Crippen LogP contribution is -2.11. The molecule has 0 bridgehead atoms. The van der Waals surface area contributed by atoms with Gasteiger partial charge >= 0.3 is 5.97 Å². The van der Waals surface area contributed by atoms with Crippen LogP contribution in [0.2, 0.25) is 0 Å². The van der Waals surface area contributed by atoms with E-state index in [2.05, 4.69) is 0 Å². The van der Waals surface area contributed by atoms with Crippen LogP contribution in [0.5, 0.6) is 0 Å². The smallest absolute Gasteiger partial charge is 0.338 e. The van der Waals surface area contributed by atoms with Crippen LogP contribution in [0.25, 0.3) is 5.57 Å². The number of carbonyl (C=O) groups is 1. The van der Waals surface area contributed by atoms with Crippen molar-refractivity contribution in [1.82, 2.24) is 0 Å². The maximum absolute atomic E-state index is 11.5. The molecule has 0 fully saturated rings. The predicted molar refractivity (Wildman–Crippen MR) is 59.2 cm³/mol. The Hall–Kier alpha value is -1.77. The van der Waals surface area contributed by atoms with E-state index in [0.29, 0.717) is 5.57 Å². The molecule has 1 aliphatic carbocycles. The molecule has 0 aromatic heterocycles. The van der Waals surface area contributed by atoms with Crippen molar-refractivity contribution in [2.75, 3.05) is 12.8 Å². The fraction of sp³-hybridized carbons (Fsp3) is 0.250. The van der Waals surface area contributed by atoms with E-state index in [-0.39, 0.29) is 5.97 Å². The van der Waals surface area contributed by atoms with Crippen molar-refractivity contribution in [2.24, 2.45) is 0 Å². The Balaban J connectivity index is 2.51. The van der Waals surface area contributed by atoms with Crippen LogP contribution in [0.1, 0.15) is 17.5 Å². The Morgan fingerprint density at radius 1 is 1.47 bits per heavy atom. The maximum Gasteiger partial charge on any atom is 0.338 e. The van der Waals surface area contributed by atoms with Gasteiger partial charge in [-0.2, -0.15) is 0 Å². The minimum atomic E-state index is -0.290. The van der Waals surface area contributed by atoms with E-state index in [0.717, 1.165) is 29.7 Å². The number of benzene rings is 1. The van der Waals surface area contributed by atoms with E-state index in [4.69, 9.17) is 10.5 Å². The summed E-state index contributed by atoms with van der Waals surface area (Å²) in [5.41, 5.74) is 9.21. The van der Waals surface area contributed by atoms with Gasteiger partial charge in [-0.25, -0.2) is 4.79 Å². The Morgan fingerprint density at radius 3 is 3.00 bits per heavy atom. The highest BCUT2D eigenvalue weighted by Gasteiger charge is 2.20. The van der Waals surface area contributed by atoms with Gasteiger partial charge in [0.15, 0.2) is 0 Å². The molecule has 3 heteroatoms. The van der Waals surface area contributed by atoms with Crippen LogP contribution in [0, 0.1) is 0 Å². The van der Waals surface area contributed by atoms with Crippen molar-refractivity contribution < 1.29 is 9.53 Å². The van der Waals surface area contributed by atoms with Gasteiger partial charge in [-0.1, -0.05) is 18.2 Å². The third-order valence-corrected chi connectivity index (χ3v) is 2.65. The molecule has 15 heavy (non-hydrogen) atoms. The van der Waals surface area contributed by atoms with Gasteiger partial charge in [0, 0.05) is 5.69 Å². The average molecular weight is 203 g/mol. The summed E-state index contributed by atoms with van der Waals surface area (Å²) in [5.74, 6) is -0.290. The van der Waals surface area contributed by atoms with E-state index < -0.39 is 0 Å². The van der Waals surface area contributed by atoms with E-state index >= 15 is 0 Å². The molecule has 1 aromatic rings. The van der Waals surface area contributed by atoms with Crippen LogP contribution in [-0.2, 0) is 16.0 Å². The topological polar surface area (TPSA) is 52.3 Å². The fourth-order valence-corrected chi connectivity index (χ4v) is 1.91. The van der Waals surface area contributed by atoms with Gasteiger partial charge in [-0.05, 0) is 30.0 Å². The number of allylic oxidation sites excluding steroid dienone is 1. The van der Waals surface area contributed by atoms with Crippen molar-refractivity contribution in [3.63, 3.8) is 0 Å². The van der Waals surface area contributed by atoms with Crippen LogP contribution in [0.4, 0.5) is 5.69 Å². The van der Waals surface area contributed by atoms with Gasteiger partial charge in [-0.3, -0.25) is 0 Å². The molecule has 0 heterocycles. The summed E-state index contributed by atoms with van der Waals surface area (Å²) in [6.45, 7) is 0. The van der Waals surface area contributed by atoms with Crippen LogP contribution >= 0.6 is 0 Å². The first kappa shape index (κ1) is 9.77. The first-order chi connectivity index (χ1) is 7.24.